The molecule has 0 fully saturated rings. The first-order valence-corrected chi connectivity index (χ1v) is 10.8. The highest BCUT2D eigenvalue weighted by molar-refractivity contribution is 9.10. The number of aliphatic hydroxyl groups excluding tert-OH is 1. The fourth-order valence-corrected chi connectivity index (χ4v) is 4.91. The summed E-state index contributed by atoms with van der Waals surface area (Å²) in [5.74, 6) is -1.53. The first kappa shape index (κ1) is 20.3. The Bertz CT molecular complexity index is 1430. The van der Waals surface area contributed by atoms with E-state index in [0.717, 1.165) is 22.0 Å². The summed E-state index contributed by atoms with van der Waals surface area (Å²) < 4.78 is 6.06. The molecule has 0 radical (unpaired) electrons. The van der Waals surface area contributed by atoms with Gasteiger partial charge in [-0.25, -0.2) is 0 Å². The molecular formula is C26H18BrNO4. The Balaban J connectivity index is 1.82. The average molecular weight is 488 g/mol. The van der Waals surface area contributed by atoms with Gasteiger partial charge in [-0.1, -0.05) is 48.5 Å². The number of para-hydroxylation sites is 1. The molecule has 2 N–H and O–H groups in total. The zero-order valence-corrected chi connectivity index (χ0v) is 18.6. The van der Waals surface area contributed by atoms with Crippen molar-refractivity contribution in [1.82, 2.24) is 4.98 Å². The number of fused-ring (bicyclic) bond motifs is 2. The number of ether oxygens (including phenoxy) is 1. The van der Waals surface area contributed by atoms with Crippen LogP contribution in [0.4, 0.5) is 0 Å². The quantitative estimate of drug-likeness (QED) is 0.356. The van der Waals surface area contributed by atoms with Crippen LogP contribution in [0.3, 0.4) is 0 Å². The van der Waals surface area contributed by atoms with Gasteiger partial charge in [-0.05, 0) is 45.3 Å². The number of methoxy groups -OCH3 is 1. The van der Waals surface area contributed by atoms with Crippen molar-refractivity contribution in [2.24, 2.45) is 0 Å². The molecule has 0 aliphatic heterocycles. The summed E-state index contributed by atoms with van der Waals surface area (Å²) in [6.45, 7) is 0. The summed E-state index contributed by atoms with van der Waals surface area (Å²) in [6.07, 6.45) is 1.83. The van der Waals surface area contributed by atoms with E-state index in [9.17, 15) is 14.7 Å². The van der Waals surface area contributed by atoms with Crippen molar-refractivity contribution in [2.45, 2.75) is 5.92 Å². The Hall–Kier alpha value is -3.64. The fraction of sp³-hybridized carbons (Fsp3) is 0.0769. The summed E-state index contributed by atoms with van der Waals surface area (Å²) in [7, 11) is 1.57. The van der Waals surface area contributed by atoms with E-state index >= 15 is 0 Å². The summed E-state index contributed by atoms with van der Waals surface area (Å²) in [5.41, 5.74) is 3.08. The Labute approximate surface area is 192 Å². The Morgan fingerprint density at radius 1 is 0.938 bits per heavy atom. The van der Waals surface area contributed by atoms with Gasteiger partial charge in [0.05, 0.1) is 17.2 Å². The van der Waals surface area contributed by atoms with E-state index in [1.807, 2.05) is 42.6 Å². The Kier molecular flexibility index (Phi) is 4.94. The molecule has 1 aliphatic carbocycles. The predicted octanol–water partition coefficient (Wildman–Crippen LogP) is 5.81. The number of benzene rings is 3. The highest BCUT2D eigenvalue weighted by atomic mass is 79.9. The highest BCUT2D eigenvalue weighted by Gasteiger charge is 2.39. The monoisotopic (exact) mass is 487 g/mol. The van der Waals surface area contributed by atoms with Crippen LogP contribution in [0.25, 0.3) is 16.7 Å². The van der Waals surface area contributed by atoms with Crippen LogP contribution in [0.15, 0.2) is 83.0 Å². The van der Waals surface area contributed by atoms with Crippen molar-refractivity contribution in [1.29, 1.82) is 0 Å². The van der Waals surface area contributed by atoms with E-state index in [2.05, 4.69) is 20.9 Å². The number of Topliss-reactive ketones (excluding diaryl/α,β-unsaturated/α-hetero) is 2. The van der Waals surface area contributed by atoms with E-state index < -0.39 is 17.5 Å². The molecule has 6 heteroatoms. The number of allylic oxidation sites excluding steroid dienone is 1. The summed E-state index contributed by atoms with van der Waals surface area (Å²) in [6, 6.07) is 19.9. The highest BCUT2D eigenvalue weighted by Crippen LogP contribution is 2.43. The molecule has 3 aromatic carbocycles. The molecule has 4 aromatic rings. The molecular weight excluding hydrogens is 470 g/mol. The number of aliphatic hydroxyl groups is 1. The van der Waals surface area contributed by atoms with Gasteiger partial charge in [-0.3, -0.25) is 9.59 Å². The van der Waals surface area contributed by atoms with Gasteiger partial charge in [0, 0.05) is 34.1 Å². The van der Waals surface area contributed by atoms with E-state index in [1.54, 1.807) is 37.4 Å². The maximum absolute atomic E-state index is 13.3. The molecule has 0 amide bonds. The third-order valence-corrected chi connectivity index (χ3v) is 6.48. The largest absolute Gasteiger partial charge is 0.507 e. The van der Waals surface area contributed by atoms with Crippen LogP contribution < -0.4 is 4.74 Å². The van der Waals surface area contributed by atoms with Crippen molar-refractivity contribution in [2.75, 3.05) is 7.11 Å². The first-order valence-electron chi connectivity index (χ1n) is 10.0. The van der Waals surface area contributed by atoms with Crippen LogP contribution in [0.1, 0.15) is 33.0 Å². The number of carbonyl (C=O) groups is 2. The van der Waals surface area contributed by atoms with Gasteiger partial charge >= 0.3 is 0 Å². The van der Waals surface area contributed by atoms with Crippen molar-refractivity contribution in [3.63, 3.8) is 0 Å². The lowest BCUT2D eigenvalue weighted by Gasteiger charge is -2.25. The van der Waals surface area contributed by atoms with Gasteiger partial charge in [0.25, 0.3) is 0 Å². The molecule has 0 bridgehead atoms. The Morgan fingerprint density at radius 2 is 1.66 bits per heavy atom. The van der Waals surface area contributed by atoms with E-state index in [-0.39, 0.29) is 16.9 Å². The molecule has 1 aromatic heterocycles. The van der Waals surface area contributed by atoms with Crippen LogP contribution in [0.5, 0.6) is 5.75 Å². The van der Waals surface area contributed by atoms with Crippen LogP contribution in [0.2, 0.25) is 0 Å². The van der Waals surface area contributed by atoms with Gasteiger partial charge in [0.15, 0.2) is 0 Å². The van der Waals surface area contributed by atoms with Crippen molar-refractivity contribution < 1.29 is 19.4 Å². The second-order valence-corrected chi connectivity index (χ2v) is 8.44. The van der Waals surface area contributed by atoms with Gasteiger partial charge in [-0.2, -0.15) is 0 Å². The minimum absolute atomic E-state index is 0.0653. The molecule has 5 rings (SSSR count). The van der Waals surface area contributed by atoms with Crippen LogP contribution >= 0.6 is 15.9 Å². The molecule has 5 nitrogen and oxygen atoms in total. The smallest absolute Gasteiger partial charge is 0.234 e. The molecule has 0 spiro atoms. The number of hydrogen-bond acceptors (Lipinski definition) is 4. The van der Waals surface area contributed by atoms with Crippen molar-refractivity contribution in [3.05, 3.63) is 105 Å². The molecule has 1 unspecified atom stereocenters. The maximum atomic E-state index is 13.3. The number of aromatic nitrogens is 1. The van der Waals surface area contributed by atoms with Crippen LogP contribution in [0, 0.1) is 0 Å². The minimum Gasteiger partial charge on any atom is -0.507 e. The lowest BCUT2D eigenvalue weighted by molar-refractivity contribution is -0.112. The first-order chi connectivity index (χ1) is 15.5. The van der Waals surface area contributed by atoms with E-state index in [4.69, 9.17) is 4.74 Å². The number of carbonyl (C=O) groups excluding carboxylic acids is 2. The van der Waals surface area contributed by atoms with Crippen molar-refractivity contribution >= 4 is 44.2 Å². The van der Waals surface area contributed by atoms with E-state index in [0.29, 0.717) is 15.8 Å². The number of H-pyrrole nitrogens is 1. The lowest BCUT2D eigenvalue weighted by Crippen LogP contribution is -2.27. The lowest BCUT2D eigenvalue weighted by atomic mass is 9.76. The van der Waals surface area contributed by atoms with Gasteiger partial charge in [0.2, 0.25) is 11.6 Å². The third kappa shape index (κ3) is 3.07. The molecule has 0 saturated carbocycles. The normalized spacial score (nSPS) is 14.6. The SMILES string of the molecule is COc1ccc(C(C2=C(O)c3ccccc3C(=O)C2=O)c2c[nH]c3ccccc23)cc1Br. The second-order valence-electron chi connectivity index (χ2n) is 7.58. The number of nitrogens with one attached hydrogen (secondary N) is 1. The van der Waals surface area contributed by atoms with Gasteiger partial charge in [-0.15, -0.1) is 0 Å². The van der Waals surface area contributed by atoms with E-state index in [1.165, 1.54) is 0 Å². The number of ketones is 2. The summed E-state index contributed by atoms with van der Waals surface area (Å²) in [4.78, 5) is 29.6. The maximum Gasteiger partial charge on any atom is 0.234 e. The molecule has 0 saturated heterocycles. The van der Waals surface area contributed by atoms with Crippen molar-refractivity contribution in [3.8, 4) is 5.75 Å². The minimum atomic E-state index is -0.705. The van der Waals surface area contributed by atoms with Gasteiger partial charge in [0.1, 0.15) is 11.5 Å². The van der Waals surface area contributed by atoms with Crippen LogP contribution in [-0.2, 0) is 4.79 Å². The standard InChI is InChI=1S/C26H18BrNO4/c1-32-21-11-10-14(12-19(21)27)22(18-13-28-20-9-5-4-6-15(18)20)23-24(29)16-7-2-3-8-17(16)25(30)26(23)31/h2-13,22,28-29H,1H3. The summed E-state index contributed by atoms with van der Waals surface area (Å²) >= 11 is 3.52. The molecule has 1 aliphatic rings. The molecule has 32 heavy (non-hydrogen) atoms. The zero-order chi connectivity index (χ0) is 22.4. The number of aromatic amines is 1. The van der Waals surface area contributed by atoms with Crippen LogP contribution in [-0.4, -0.2) is 28.8 Å². The summed E-state index contributed by atoms with van der Waals surface area (Å²) in [5, 5.41) is 12.1. The predicted molar refractivity (Wildman–Crippen MR) is 126 cm³/mol. The van der Waals surface area contributed by atoms with Gasteiger partial charge < -0.3 is 14.8 Å². The molecule has 1 atom stereocenters. The molecule has 1 heterocycles. The number of halogens is 1. The number of rotatable bonds is 4. The average Bonchev–Trinajstić information content (AvgIpc) is 3.24. The second kappa shape index (κ2) is 7.80. The fourth-order valence-electron chi connectivity index (χ4n) is 4.35. The zero-order valence-electron chi connectivity index (χ0n) is 17.1. The third-order valence-electron chi connectivity index (χ3n) is 5.86. The Morgan fingerprint density at radius 3 is 2.41 bits per heavy atom. The molecule has 158 valence electrons. The topological polar surface area (TPSA) is 79.4 Å². The number of hydrogen-bond donors (Lipinski definition) is 2.